The van der Waals surface area contributed by atoms with Crippen molar-refractivity contribution in [1.82, 2.24) is 5.32 Å². The lowest BCUT2D eigenvalue weighted by Gasteiger charge is -2.20. The maximum atomic E-state index is 10.8. The molecule has 4 heteroatoms. The zero-order valence-electron chi connectivity index (χ0n) is 5.92. The average Bonchev–Trinajstić information content (AvgIpc) is 2.05. The molecule has 58 valence electrons. The van der Waals surface area contributed by atoms with E-state index < -0.39 is 6.10 Å². The minimum atomic E-state index is -0.404. The predicted octanol–water partition coefficient (Wildman–Crippen LogP) is -0.852. The van der Waals surface area contributed by atoms with Gasteiger partial charge in [0, 0.05) is 13.1 Å². The van der Waals surface area contributed by atoms with Crippen molar-refractivity contribution in [3.05, 3.63) is 0 Å². The Morgan fingerprint density at radius 3 is 3.10 bits per heavy atom. The maximum absolute atomic E-state index is 10.8. The third-order valence-electron chi connectivity index (χ3n) is 1.39. The summed E-state index contributed by atoms with van der Waals surface area (Å²) in [6.45, 7) is 1.96. The van der Waals surface area contributed by atoms with Gasteiger partial charge in [-0.25, -0.2) is 4.79 Å². The van der Waals surface area contributed by atoms with Crippen LogP contribution < -0.4 is 5.32 Å². The molecule has 0 saturated carbocycles. The SMILES string of the molecule is COC(=O)[C@H]1CNCCO1. The van der Waals surface area contributed by atoms with Crippen molar-refractivity contribution in [2.24, 2.45) is 0 Å². The van der Waals surface area contributed by atoms with Gasteiger partial charge in [0.15, 0.2) is 6.10 Å². The summed E-state index contributed by atoms with van der Waals surface area (Å²) in [5, 5.41) is 3.02. The van der Waals surface area contributed by atoms with Crippen LogP contribution in [0.4, 0.5) is 0 Å². The second-order valence-electron chi connectivity index (χ2n) is 2.09. The van der Waals surface area contributed by atoms with Gasteiger partial charge in [-0.2, -0.15) is 0 Å². The van der Waals surface area contributed by atoms with Crippen LogP contribution in [0.5, 0.6) is 0 Å². The third kappa shape index (κ3) is 1.68. The van der Waals surface area contributed by atoms with E-state index in [1.807, 2.05) is 0 Å². The van der Waals surface area contributed by atoms with Gasteiger partial charge in [-0.3, -0.25) is 0 Å². The number of ether oxygens (including phenoxy) is 2. The van der Waals surface area contributed by atoms with E-state index in [1.165, 1.54) is 7.11 Å². The number of methoxy groups -OCH3 is 1. The van der Waals surface area contributed by atoms with Gasteiger partial charge in [0.05, 0.1) is 13.7 Å². The fourth-order valence-electron chi connectivity index (χ4n) is 0.848. The molecule has 1 aliphatic heterocycles. The number of carbonyl (C=O) groups is 1. The van der Waals surface area contributed by atoms with Crippen LogP contribution >= 0.6 is 0 Å². The zero-order valence-corrected chi connectivity index (χ0v) is 5.92. The first kappa shape index (κ1) is 7.50. The third-order valence-corrected chi connectivity index (χ3v) is 1.39. The van der Waals surface area contributed by atoms with Crippen molar-refractivity contribution < 1.29 is 14.3 Å². The molecule has 0 aliphatic carbocycles. The van der Waals surface area contributed by atoms with Gasteiger partial charge in [-0.1, -0.05) is 0 Å². The second kappa shape index (κ2) is 3.53. The fourth-order valence-corrected chi connectivity index (χ4v) is 0.848. The Morgan fingerprint density at radius 2 is 2.60 bits per heavy atom. The van der Waals surface area contributed by atoms with Crippen molar-refractivity contribution in [2.75, 3.05) is 26.8 Å². The molecule has 1 N–H and O–H groups in total. The second-order valence-corrected chi connectivity index (χ2v) is 2.09. The highest BCUT2D eigenvalue weighted by Gasteiger charge is 2.21. The van der Waals surface area contributed by atoms with Crippen LogP contribution in [0.15, 0.2) is 0 Å². The molecular weight excluding hydrogens is 134 g/mol. The standard InChI is InChI=1S/C6H11NO3/c1-9-6(8)5-4-7-2-3-10-5/h5,7H,2-4H2,1H3/t5-/m1/s1. The number of morpholine rings is 1. The van der Waals surface area contributed by atoms with Crippen LogP contribution in [0.1, 0.15) is 0 Å². The number of carbonyl (C=O) groups excluding carboxylic acids is 1. The smallest absolute Gasteiger partial charge is 0.336 e. The van der Waals surface area contributed by atoms with Crippen LogP contribution in [0.25, 0.3) is 0 Å². The quantitative estimate of drug-likeness (QED) is 0.488. The van der Waals surface area contributed by atoms with Gasteiger partial charge in [0.25, 0.3) is 0 Å². The highest BCUT2D eigenvalue weighted by atomic mass is 16.6. The predicted molar refractivity (Wildman–Crippen MR) is 34.6 cm³/mol. The molecule has 1 rings (SSSR count). The van der Waals surface area contributed by atoms with E-state index in [1.54, 1.807) is 0 Å². The summed E-state index contributed by atoms with van der Waals surface area (Å²) in [7, 11) is 1.36. The van der Waals surface area contributed by atoms with Gasteiger partial charge in [0.1, 0.15) is 0 Å². The Morgan fingerprint density at radius 1 is 1.80 bits per heavy atom. The molecule has 0 aromatic carbocycles. The summed E-state index contributed by atoms with van der Waals surface area (Å²) in [5.74, 6) is -0.299. The van der Waals surface area contributed by atoms with Crippen LogP contribution in [0.2, 0.25) is 0 Å². The van der Waals surface area contributed by atoms with E-state index in [0.717, 1.165) is 6.54 Å². The van der Waals surface area contributed by atoms with E-state index >= 15 is 0 Å². The Bertz CT molecular complexity index is 120. The minimum Gasteiger partial charge on any atom is -0.467 e. The summed E-state index contributed by atoms with van der Waals surface area (Å²) in [5.41, 5.74) is 0. The van der Waals surface area contributed by atoms with E-state index in [-0.39, 0.29) is 5.97 Å². The summed E-state index contributed by atoms with van der Waals surface area (Å²) < 4.78 is 9.58. The Labute approximate surface area is 59.5 Å². The average molecular weight is 145 g/mol. The van der Waals surface area contributed by atoms with E-state index in [2.05, 4.69) is 10.1 Å². The van der Waals surface area contributed by atoms with Crippen LogP contribution in [-0.4, -0.2) is 38.9 Å². The van der Waals surface area contributed by atoms with Crippen molar-refractivity contribution in [1.29, 1.82) is 0 Å². The number of nitrogens with one attached hydrogen (secondary N) is 1. The molecule has 0 amide bonds. The molecule has 1 heterocycles. The Kier molecular flexibility index (Phi) is 2.65. The lowest BCUT2D eigenvalue weighted by atomic mass is 10.3. The van der Waals surface area contributed by atoms with E-state index in [4.69, 9.17) is 4.74 Å². The Balaban J connectivity index is 2.31. The van der Waals surface area contributed by atoms with Crippen LogP contribution in [-0.2, 0) is 14.3 Å². The minimum absolute atomic E-state index is 0.299. The number of hydrogen-bond acceptors (Lipinski definition) is 4. The van der Waals surface area contributed by atoms with Gasteiger partial charge >= 0.3 is 5.97 Å². The lowest BCUT2D eigenvalue weighted by molar-refractivity contribution is -0.155. The molecule has 0 radical (unpaired) electrons. The summed E-state index contributed by atoms with van der Waals surface area (Å²) in [6, 6.07) is 0. The fraction of sp³-hybridized carbons (Fsp3) is 0.833. The van der Waals surface area contributed by atoms with Gasteiger partial charge in [-0.05, 0) is 0 Å². The first-order valence-corrected chi connectivity index (χ1v) is 3.24. The molecule has 1 fully saturated rings. The molecule has 0 bridgehead atoms. The molecular formula is C6H11NO3. The molecule has 0 spiro atoms. The summed E-state index contributed by atoms with van der Waals surface area (Å²) in [4.78, 5) is 10.8. The number of hydrogen-bond donors (Lipinski definition) is 1. The molecule has 0 aromatic heterocycles. The van der Waals surface area contributed by atoms with Crippen molar-refractivity contribution >= 4 is 5.97 Å². The normalized spacial score (nSPS) is 25.9. The zero-order chi connectivity index (χ0) is 7.40. The summed E-state index contributed by atoms with van der Waals surface area (Å²) in [6.07, 6.45) is -0.404. The van der Waals surface area contributed by atoms with Crippen molar-refractivity contribution in [2.45, 2.75) is 6.10 Å². The van der Waals surface area contributed by atoms with Crippen molar-refractivity contribution in [3.63, 3.8) is 0 Å². The van der Waals surface area contributed by atoms with Crippen molar-refractivity contribution in [3.8, 4) is 0 Å². The first-order valence-electron chi connectivity index (χ1n) is 3.24. The van der Waals surface area contributed by atoms with Crippen LogP contribution in [0, 0.1) is 0 Å². The number of esters is 1. The Hall–Kier alpha value is -0.610. The van der Waals surface area contributed by atoms with Crippen LogP contribution in [0.3, 0.4) is 0 Å². The maximum Gasteiger partial charge on any atom is 0.336 e. The van der Waals surface area contributed by atoms with E-state index in [0.29, 0.717) is 13.2 Å². The van der Waals surface area contributed by atoms with Gasteiger partial charge < -0.3 is 14.8 Å². The summed E-state index contributed by atoms with van der Waals surface area (Å²) >= 11 is 0. The number of rotatable bonds is 1. The van der Waals surface area contributed by atoms with Gasteiger partial charge in [-0.15, -0.1) is 0 Å². The highest BCUT2D eigenvalue weighted by molar-refractivity contribution is 5.74. The lowest BCUT2D eigenvalue weighted by Crippen LogP contribution is -2.43. The molecule has 1 aliphatic rings. The molecule has 10 heavy (non-hydrogen) atoms. The van der Waals surface area contributed by atoms with E-state index in [9.17, 15) is 4.79 Å². The first-order chi connectivity index (χ1) is 4.84. The van der Waals surface area contributed by atoms with Gasteiger partial charge in [0.2, 0.25) is 0 Å². The molecule has 0 aromatic rings. The molecule has 1 saturated heterocycles. The monoisotopic (exact) mass is 145 g/mol. The largest absolute Gasteiger partial charge is 0.467 e. The molecule has 4 nitrogen and oxygen atoms in total. The topological polar surface area (TPSA) is 47.6 Å². The molecule has 1 atom stereocenters. The highest BCUT2D eigenvalue weighted by Crippen LogP contribution is 1.96. The molecule has 0 unspecified atom stereocenters.